The summed E-state index contributed by atoms with van der Waals surface area (Å²) in [5, 5.41) is 3.86. The first-order valence-corrected chi connectivity index (χ1v) is 13.8. The van der Waals surface area contributed by atoms with Crippen LogP contribution in [0.4, 0.5) is 0 Å². The Morgan fingerprint density at radius 1 is 0.974 bits per heavy atom. The second-order valence-corrected chi connectivity index (χ2v) is 10.8. The molecule has 5 nitrogen and oxygen atoms in total. The van der Waals surface area contributed by atoms with Gasteiger partial charge in [-0.3, -0.25) is 9.59 Å². The molecule has 0 radical (unpaired) electrons. The molecule has 1 aliphatic carbocycles. The summed E-state index contributed by atoms with van der Waals surface area (Å²) in [5.74, 6) is 0.337. The van der Waals surface area contributed by atoms with Crippen molar-refractivity contribution < 1.29 is 14.3 Å². The minimum absolute atomic E-state index is 0.120. The van der Waals surface area contributed by atoms with E-state index in [2.05, 4.69) is 11.4 Å². The maximum atomic E-state index is 13.8. The molecule has 2 amide bonds. The third kappa shape index (κ3) is 7.38. The quantitative estimate of drug-likeness (QED) is 0.331. The Morgan fingerprint density at radius 2 is 1.66 bits per heavy atom. The summed E-state index contributed by atoms with van der Waals surface area (Å²) in [7, 11) is 0. The van der Waals surface area contributed by atoms with Crippen LogP contribution in [0.5, 0.6) is 5.75 Å². The van der Waals surface area contributed by atoms with Crippen molar-refractivity contribution in [3.05, 3.63) is 99.6 Å². The Kier molecular flexibility index (Phi) is 9.46. The fraction of sp³-hybridized carbons (Fsp3) is 0.375. The van der Waals surface area contributed by atoms with Gasteiger partial charge in [-0.05, 0) is 79.6 Å². The van der Waals surface area contributed by atoms with Crippen molar-refractivity contribution in [2.75, 3.05) is 6.61 Å². The zero-order valence-electron chi connectivity index (χ0n) is 22.5. The Morgan fingerprint density at radius 3 is 2.34 bits per heavy atom. The first kappa shape index (κ1) is 27.7. The van der Waals surface area contributed by atoms with Crippen LogP contribution in [0.1, 0.15) is 53.5 Å². The van der Waals surface area contributed by atoms with E-state index in [9.17, 15) is 9.59 Å². The third-order valence-electron chi connectivity index (χ3n) is 7.35. The van der Waals surface area contributed by atoms with Crippen molar-refractivity contribution in [2.45, 2.75) is 71.5 Å². The molecule has 3 aromatic rings. The van der Waals surface area contributed by atoms with E-state index in [0.29, 0.717) is 17.2 Å². The molecule has 0 unspecified atom stereocenters. The number of amides is 2. The Bertz CT molecular complexity index is 1240. The van der Waals surface area contributed by atoms with Gasteiger partial charge in [-0.15, -0.1) is 0 Å². The zero-order chi connectivity index (χ0) is 27.1. The predicted octanol–water partition coefficient (Wildman–Crippen LogP) is 6.34. The van der Waals surface area contributed by atoms with Gasteiger partial charge in [0.15, 0.2) is 6.61 Å². The lowest BCUT2D eigenvalue weighted by molar-refractivity contribution is -0.143. The van der Waals surface area contributed by atoms with Gasteiger partial charge in [-0.25, -0.2) is 0 Å². The maximum Gasteiger partial charge on any atom is 0.261 e. The largest absolute Gasteiger partial charge is 0.483 e. The summed E-state index contributed by atoms with van der Waals surface area (Å²) in [6.45, 7) is 6.16. The minimum atomic E-state index is -0.676. The van der Waals surface area contributed by atoms with E-state index in [1.54, 1.807) is 17.0 Å². The molecule has 0 aromatic heterocycles. The lowest BCUT2D eigenvalue weighted by atomic mass is 10.0. The lowest BCUT2D eigenvalue weighted by Crippen LogP contribution is -2.53. The van der Waals surface area contributed by atoms with E-state index >= 15 is 0 Å². The number of carbonyl (C=O) groups excluding carboxylic acids is 2. The van der Waals surface area contributed by atoms with E-state index in [1.165, 1.54) is 0 Å². The fourth-order valence-corrected chi connectivity index (χ4v) is 5.21. The topological polar surface area (TPSA) is 58.6 Å². The fourth-order valence-electron chi connectivity index (χ4n) is 5.08. The first-order valence-electron chi connectivity index (χ1n) is 13.4. The number of benzene rings is 3. The summed E-state index contributed by atoms with van der Waals surface area (Å²) in [5.41, 5.74) is 5.10. The molecule has 1 atom stereocenters. The van der Waals surface area contributed by atoms with Crippen molar-refractivity contribution in [1.29, 1.82) is 0 Å². The molecule has 0 heterocycles. The van der Waals surface area contributed by atoms with E-state index in [4.69, 9.17) is 16.3 Å². The zero-order valence-corrected chi connectivity index (χ0v) is 23.3. The van der Waals surface area contributed by atoms with Gasteiger partial charge >= 0.3 is 0 Å². The van der Waals surface area contributed by atoms with Crippen molar-refractivity contribution >= 4 is 23.4 Å². The lowest BCUT2D eigenvalue weighted by Gasteiger charge is -2.32. The van der Waals surface area contributed by atoms with Crippen LogP contribution in [0.15, 0.2) is 66.7 Å². The Hall–Kier alpha value is -3.31. The average Bonchev–Trinajstić information content (AvgIpc) is 3.42. The van der Waals surface area contributed by atoms with Crippen molar-refractivity contribution in [3.63, 3.8) is 0 Å². The van der Waals surface area contributed by atoms with E-state index in [0.717, 1.165) is 53.5 Å². The Labute approximate surface area is 231 Å². The minimum Gasteiger partial charge on any atom is -0.483 e. The van der Waals surface area contributed by atoms with Crippen LogP contribution < -0.4 is 10.1 Å². The first-order chi connectivity index (χ1) is 18.3. The molecule has 0 saturated heterocycles. The molecule has 200 valence electrons. The van der Waals surface area contributed by atoms with Crippen LogP contribution in [-0.2, 0) is 22.6 Å². The summed E-state index contributed by atoms with van der Waals surface area (Å²) >= 11 is 6.12. The van der Waals surface area contributed by atoms with Gasteiger partial charge in [0.05, 0.1) is 0 Å². The molecule has 38 heavy (non-hydrogen) atoms. The third-order valence-corrected chi connectivity index (χ3v) is 7.61. The number of aryl methyl sites for hydroxylation is 2. The van der Waals surface area contributed by atoms with Crippen molar-refractivity contribution in [1.82, 2.24) is 10.2 Å². The number of halogens is 1. The van der Waals surface area contributed by atoms with Crippen LogP contribution in [0.25, 0.3) is 0 Å². The molecule has 4 rings (SSSR count). The molecule has 3 aromatic carbocycles. The number of nitrogens with zero attached hydrogens (tertiary/aromatic N) is 1. The normalized spacial score (nSPS) is 14.2. The second kappa shape index (κ2) is 13.0. The van der Waals surface area contributed by atoms with Crippen LogP contribution in [-0.4, -0.2) is 35.4 Å². The molecule has 0 bridgehead atoms. The predicted molar refractivity (Wildman–Crippen MR) is 152 cm³/mol. The molecular weight excluding hydrogens is 496 g/mol. The van der Waals surface area contributed by atoms with Gasteiger partial charge < -0.3 is 15.0 Å². The number of hydrogen-bond acceptors (Lipinski definition) is 3. The number of carbonyl (C=O) groups is 2. The Balaban J connectivity index is 1.63. The van der Waals surface area contributed by atoms with Gasteiger partial charge in [-0.2, -0.15) is 0 Å². The molecule has 1 N–H and O–H groups in total. The highest BCUT2D eigenvalue weighted by molar-refractivity contribution is 6.30. The molecule has 0 aliphatic heterocycles. The van der Waals surface area contributed by atoms with Gasteiger partial charge in [0.1, 0.15) is 11.8 Å². The van der Waals surface area contributed by atoms with E-state index in [-0.39, 0.29) is 31.0 Å². The molecule has 1 fully saturated rings. The highest BCUT2D eigenvalue weighted by atomic mass is 35.5. The van der Waals surface area contributed by atoms with Crippen LogP contribution in [0, 0.1) is 20.8 Å². The van der Waals surface area contributed by atoms with Crippen LogP contribution >= 0.6 is 11.6 Å². The number of rotatable bonds is 10. The van der Waals surface area contributed by atoms with Gasteiger partial charge in [0, 0.05) is 24.0 Å². The van der Waals surface area contributed by atoms with E-state index in [1.807, 2.05) is 69.3 Å². The summed E-state index contributed by atoms with van der Waals surface area (Å²) in [4.78, 5) is 29.2. The highest BCUT2D eigenvalue weighted by Gasteiger charge is 2.32. The summed E-state index contributed by atoms with van der Waals surface area (Å²) in [6.07, 6.45) is 4.60. The average molecular weight is 533 g/mol. The maximum absolute atomic E-state index is 13.8. The van der Waals surface area contributed by atoms with Crippen LogP contribution in [0.2, 0.25) is 5.02 Å². The van der Waals surface area contributed by atoms with Gasteiger partial charge in [0.2, 0.25) is 5.91 Å². The molecule has 6 heteroatoms. The smallest absolute Gasteiger partial charge is 0.261 e. The molecule has 1 saturated carbocycles. The second-order valence-electron chi connectivity index (χ2n) is 10.3. The van der Waals surface area contributed by atoms with Crippen molar-refractivity contribution in [2.24, 2.45) is 0 Å². The van der Waals surface area contributed by atoms with Crippen LogP contribution in [0.3, 0.4) is 0 Å². The summed E-state index contributed by atoms with van der Waals surface area (Å²) < 4.78 is 6.07. The molecular formula is C32H37ClN2O3. The molecule has 0 spiro atoms. The van der Waals surface area contributed by atoms with Gasteiger partial charge in [-0.1, -0.05) is 73.0 Å². The summed E-state index contributed by atoms with van der Waals surface area (Å²) in [6, 6.07) is 20.8. The van der Waals surface area contributed by atoms with Crippen molar-refractivity contribution in [3.8, 4) is 5.75 Å². The standard InChI is InChI=1S/C32H37ClN2O3/c1-22-17-23(2)24(3)30(18-22)38-21-31(36)35(20-26-13-15-27(33)16-14-26)29(19-25-9-5-4-6-10-25)32(37)34-28-11-7-8-12-28/h4-6,9-10,13-18,28-29H,7-8,11-12,19-21H2,1-3H3,(H,34,37)/t29-/m0/s1. The number of nitrogens with one attached hydrogen (secondary N) is 1. The molecule has 1 aliphatic rings. The number of hydrogen-bond donors (Lipinski definition) is 1. The van der Waals surface area contributed by atoms with E-state index < -0.39 is 6.04 Å². The number of ether oxygens (including phenoxy) is 1. The van der Waals surface area contributed by atoms with Gasteiger partial charge in [0.25, 0.3) is 5.91 Å². The monoisotopic (exact) mass is 532 g/mol. The SMILES string of the molecule is Cc1cc(C)c(C)c(OCC(=O)N(Cc2ccc(Cl)cc2)[C@@H](Cc2ccccc2)C(=O)NC2CCCC2)c1. The highest BCUT2D eigenvalue weighted by Crippen LogP contribution is 2.24.